The van der Waals surface area contributed by atoms with Crippen molar-refractivity contribution in [2.45, 2.75) is 27.3 Å². The van der Waals surface area contributed by atoms with Gasteiger partial charge in [-0.15, -0.1) is 24.0 Å². The van der Waals surface area contributed by atoms with Crippen molar-refractivity contribution >= 4 is 29.9 Å². The molecule has 0 atom stereocenters. The Bertz CT molecular complexity index is 453. The van der Waals surface area contributed by atoms with Crippen molar-refractivity contribution in [3.8, 4) is 5.75 Å². The van der Waals surface area contributed by atoms with Crippen LogP contribution in [0.4, 0.5) is 0 Å². The molecular formula is C16H28IN3O2. The van der Waals surface area contributed by atoms with Crippen molar-refractivity contribution in [2.24, 2.45) is 4.99 Å². The molecule has 0 saturated heterocycles. The van der Waals surface area contributed by atoms with Gasteiger partial charge in [-0.1, -0.05) is 12.1 Å². The fourth-order valence-corrected chi connectivity index (χ4v) is 1.93. The van der Waals surface area contributed by atoms with Gasteiger partial charge in [-0.3, -0.25) is 4.99 Å². The third kappa shape index (κ3) is 7.84. The van der Waals surface area contributed by atoms with Crippen molar-refractivity contribution in [1.82, 2.24) is 10.6 Å². The average Bonchev–Trinajstić information content (AvgIpc) is 2.49. The third-order valence-corrected chi connectivity index (χ3v) is 2.97. The van der Waals surface area contributed by atoms with Crippen LogP contribution in [-0.4, -0.2) is 39.4 Å². The summed E-state index contributed by atoms with van der Waals surface area (Å²) in [6, 6.07) is 6.21. The first kappa shape index (κ1) is 21.0. The molecule has 0 aliphatic carbocycles. The molecule has 1 aromatic carbocycles. The number of ether oxygens (including phenoxy) is 2. The van der Waals surface area contributed by atoms with Gasteiger partial charge in [0.2, 0.25) is 0 Å². The van der Waals surface area contributed by atoms with Crippen LogP contribution in [-0.2, 0) is 11.3 Å². The van der Waals surface area contributed by atoms with Gasteiger partial charge >= 0.3 is 0 Å². The fourth-order valence-electron chi connectivity index (χ4n) is 1.93. The molecule has 6 heteroatoms. The normalized spacial score (nSPS) is 10.8. The number of aliphatic imine (C=N–C) groups is 1. The van der Waals surface area contributed by atoms with Gasteiger partial charge in [0.05, 0.1) is 13.2 Å². The molecule has 2 N–H and O–H groups in total. The van der Waals surface area contributed by atoms with Crippen LogP contribution in [0.5, 0.6) is 5.75 Å². The molecule has 0 bridgehead atoms. The van der Waals surface area contributed by atoms with Crippen LogP contribution < -0.4 is 15.4 Å². The van der Waals surface area contributed by atoms with Gasteiger partial charge in [-0.2, -0.15) is 0 Å². The maximum Gasteiger partial charge on any atom is 0.191 e. The van der Waals surface area contributed by atoms with E-state index in [1.807, 2.05) is 19.9 Å². The van der Waals surface area contributed by atoms with E-state index in [1.165, 1.54) is 5.56 Å². The SMILES string of the molecule is CCOCCNC(=NC)NCc1ccc(OCC)c(C)c1.I. The molecule has 0 fully saturated rings. The first-order valence-corrected chi connectivity index (χ1v) is 7.45. The van der Waals surface area contributed by atoms with E-state index in [0.717, 1.165) is 37.0 Å². The van der Waals surface area contributed by atoms with E-state index in [-0.39, 0.29) is 24.0 Å². The summed E-state index contributed by atoms with van der Waals surface area (Å²) in [5.41, 5.74) is 2.35. The average molecular weight is 421 g/mol. The Kier molecular flexibility index (Phi) is 11.9. The molecule has 0 aliphatic rings. The lowest BCUT2D eigenvalue weighted by Gasteiger charge is -2.13. The molecule has 0 spiro atoms. The molecule has 22 heavy (non-hydrogen) atoms. The fraction of sp³-hybridized carbons (Fsp3) is 0.562. The van der Waals surface area contributed by atoms with Crippen molar-refractivity contribution in [3.05, 3.63) is 29.3 Å². The van der Waals surface area contributed by atoms with E-state index in [4.69, 9.17) is 9.47 Å². The highest BCUT2D eigenvalue weighted by Gasteiger charge is 2.02. The highest BCUT2D eigenvalue weighted by Crippen LogP contribution is 2.18. The van der Waals surface area contributed by atoms with Gasteiger partial charge in [0.1, 0.15) is 5.75 Å². The number of aryl methyl sites for hydroxylation is 1. The largest absolute Gasteiger partial charge is 0.494 e. The van der Waals surface area contributed by atoms with Crippen molar-refractivity contribution in [2.75, 3.05) is 33.4 Å². The van der Waals surface area contributed by atoms with Crippen LogP contribution in [0.25, 0.3) is 0 Å². The number of benzene rings is 1. The van der Waals surface area contributed by atoms with Crippen LogP contribution in [0.2, 0.25) is 0 Å². The predicted octanol–water partition coefficient (Wildman–Crippen LogP) is 2.71. The molecule has 1 aromatic rings. The van der Waals surface area contributed by atoms with Crippen molar-refractivity contribution in [1.29, 1.82) is 0 Å². The van der Waals surface area contributed by atoms with Gasteiger partial charge < -0.3 is 20.1 Å². The molecule has 0 amide bonds. The Hall–Kier alpha value is -1.02. The lowest BCUT2D eigenvalue weighted by atomic mass is 10.1. The van der Waals surface area contributed by atoms with Crippen LogP contribution in [0.3, 0.4) is 0 Å². The first-order chi connectivity index (χ1) is 10.2. The molecule has 1 rings (SSSR count). The lowest BCUT2D eigenvalue weighted by Crippen LogP contribution is -2.38. The highest BCUT2D eigenvalue weighted by molar-refractivity contribution is 14.0. The minimum absolute atomic E-state index is 0. The zero-order valence-electron chi connectivity index (χ0n) is 13.9. The first-order valence-electron chi connectivity index (χ1n) is 7.45. The molecular weight excluding hydrogens is 393 g/mol. The summed E-state index contributed by atoms with van der Waals surface area (Å²) in [6.45, 7) is 9.61. The molecule has 126 valence electrons. The summed E-state index contributed by atoms with van der Waals surface area (Å²) in [5.74, 6) is 1.72. The molecule has 5 nitrogen and oxygen atoms in total. The van der Waals surface area contributed by atoms with E-state index < -0.39 is 0 Å². The van der Waals surface area contributed by atoms with Crippen molar-refractivity contribution < 1.29 is 9.47 Å². The quantitative estimate of drug-likeness (QED) is 0.293. The van der Waals surface area contributed by atoms with Gasteiger partial charge in [0.25, 0.3) is 0 Å². The van der Waals surface area contributed by atoms with Gasteiger partial charge in [-0.05, 0) is 38.0 Å². The van der Waals surface area contributed by atoms with Gasteiger partial charge in [0.15, 0.2) is 5.96 Å². The Morgan fingerprint density at radius 1 is 1.18 bits per heavy atom. The number of halogens is 1. The highest BCUT2D eigenvalue weighted by atomic mass is 127. The summed E-state index contributed by atoms with van der Waals surface area (Å²) in [6.07, 6.45) is 0. The predicted molar refractivity (Wildman–Crippen MR) is 102 cm³/mol. The molecule has 0 unspecified atom stereocenters. The van der Waals surface area contributed by atoms with Crippen LogP contribution in [0, 0.1) is 6.92 Å². The van der Waals surface area contributed by atoms with E-state index in [0.29, 0.717) is 13.2 Å². The molecule has 0 heterocycles. The molecule has 0 aliphatic heterocycles. The smallest absolute Gasteiger partial charge is 0.191 e. The summed E-state index contributed by atoms with van der Waals surface area (Å²) in [7, 11) is 1.76. The second-order valence-corrected chi connectivity index (χ2v) is 4.58. The Balaban J connectivity index is 0.00000441. The van der Waals surface area contributed by atoms with E-state index in [1.54, 1.807) is 7.05 Å². The standard InChI is InChI=1S/C16H27N3O2.HI/c1-5-20-10-9-18-16(17-4)19-12-14-7-8-15(21-6-2)13(3)11-14;/h7-8,11H,5-6,9-10,12H2,1-4H3,(H2,17,18,19);1H. The number of guanidine groups is 1. The van der Waals surface area contributed by atoms with Crippen LogP contribution in [0.1, 0.15) is 25.0 Å². The summed E-state index contributed by atoms with van der Waals surface area (Å²) in [4.78, 5) is 4.18. The number of nitrogens with one attached hydrogen (secondary N) is 2. The topological polar surface area (TPSA) is 54.9 Å². The minimum atomic E-state index is 0. The summed E-state index contributed by atoms with van der Waals surface area (Å²) < 4.78 is 10.8. The second kappa shape index (κ2) is 12.5. The summed E-state index contributed by atoms with van der Waals surface area (Å²) in [5, 5.41) is 6.49. The second-order valence-electron chi connectivity index (χ2n) is 4.58. The summed E-state index contributed by atoms with van der Waals surface area (Å²) >= 11 is 0. The van der Waals surface area contributed by atoms with Crippen LogP contribution in [0.15, 0.2) is 23.2 Å². The lowest BCUT2D eigenvalue weighted by molar-refractivity contribution is 0.152. The Morgan fingerprint density at radius 2 is 1.95 bits per heavy atom. The van der Waals surface area contributed by atoms with Crippen molar-refractivity contribution in [3.63, 3.8) is 0 Å². The number of hydrogen-bond acceptors (Lipinski definition) is 3. The number of nitrogens with zero attached hydrogens (tertiary/aromatic N) is 1. The molecule has 0 aromatic heterocycles. The van der Waals surface area contributed by atoms with E-state index in [9.17, 15) is 0 Å². The monoisotopic (exact) mass is 421 g/mol. The van der Waals surface area contributed by atoms with E-state index >= 15 is 0 Å². The molecule has 0 saturated carbocycles. The maximum absolute atomic E-state index is 5.54. The van der Waals surface area contributed by atoms with Crippen LogP contribution >= 0.6 is 24.0 Å². The van der Waals surface area contributed by atoms with Gasteiger partial charge in [-0.25, -0.2) is 0 Å². The maximum atomic E-state index is 5.54. The minimum Gasteiger partial charge on any atom is -0.494 e. The zero-order chi connectivity index (χ0) is 15.5. The Labute approximate surface area is 150 Å². The third-order valence-electron chi connectivity index (χ3n) is 2.97. The number of hydrogen-bond donors (Lipinski definition) is 2. The number of rotatable bonds is 8. The van der Waals surface area contributed by atoms with Gasteiger partial charge in [0, 0.05) is 26.7 Å². The van der Waals surface area contributed by atoms with E-state index in [2.05, 4.69) is 34.7 Å². The molecule has 0 radical (unpaired) electrons. The zero-order valence-corrected chi connectivity index (χ0v) is 16.3. The Morgan fingerprint density at radius 3 is 2.55 bits per heavy atom.